The van der Waals surface area contributed by atoms with Gasteiger partial charge in [-0.1, -0.05) is 24.3 Å². The van der Waals surface area contributed by atoms with Gasteiger partial charge in [-0.05, 0) is 56.2 Å². The topological polar surface area (TPSA) is 12.0 Å². The maximum Gasteiger partial charge on any atom is 0.0220 e. The zero-order chi connectivity index (χ0) is 10.3. The van der Waals surface area contributed by atoms with E-state index in [9.17, 15) is 0 Å². The molecule has 1 N–H and O–H groups in total. The lowest BCUT2D eigenvalue weighted by Gasteiger charge is -2.16. The summed E-state index contributed by atoms with van der Waals surface area (Å²) in [5.74, 6) is 0.883. The Hall–Kier alpha value is -0.820. The zero-order valence-electron chi connectivity index (χ0n) is 9.42. The van der Waals surface area contributed by atoms with Crippen molar-refractivity contribution in [3.63, 3.8) is 0 Å². The van der Waals surface area contributed by atoms with Gasteiger partial charge in [0.05, 0.1) is 0 Å². The minimum atomic E-state index is 0.449. The first-order valence-electron chi connectivity index (χ1n) is 6.10. The van der Waals surface area contributed by atoms with Crippen LogP contribution in [0.2, 0.25) is 0 Å². The van der Waals surface area contributed by atoms with Crippen molar-refractivity contribution < 1.29 is 0 Å². The van der Waals surface area contributed by atoms with Crippen LogP contribution in [0, 0.1) is 0 Å². The summed E-state index contributed by atoms with van der Waals surface area (Å²) in [4.78, 5) is 0. The first-order chi connectivity index (χ1) is 7.33. The van der Waals surface area contributed by atoms with E-state index >= 15 is 0 Å². The predicted octanol–water partition coefficient (Wildman–Crippen LogP) is 2.86. The Morgan fingerprint density at radius 1 is 1.27 bits per heavy atom. The molecule has 1 aromatic carbocycles. The van der Waals surface area contributed by atoms with Gasteiger partial charge in [0.25, 0.3) is 0 Å². The highest BCUT2D eigenvalue weighted by atomic mass is 15.0. The Bertz CT molecular complexity index is 361. The molecule has 0 bridgehead atoms. The third kappa shape index (κ3) is 1.81. The fraction of sp³-hybridized carbons (Fsp3) is 0.571. The lowest BCUT2D eigenvalue weighted by Crippen LogP contribution is -2.29. The molecule has 80 valence electrons. The highest BCUT2D eigenvalue weighted by Gasteiger charge is 2.41. The van der Waals surface area contributed by atoms with Crippen molar-refractivity contribution in [1.29, 1.82) is 0 Å². The Kier molecular flexibility index (Phi) is 2.10. The molecule has 2 aliphatic carbocycles. The van der Waals surface area contributed by atoms with Crippen molar-refractivity contribution in [3.05, 3.63) is 35.4 Å². The molecule has 0 unspecified atom stereocenters. The molecule has 0 aliphatic heterocycles. The molecular weight excluding hydrogens is 182 g/mol. The maximum absolute atomic E-state index is 3.49. The quantitative estimate of drug-likeness (QED) is 0.790. The van der Waals surface area contributed by atoms with E-state index in [-0.39, 0.29) is 0 Å². The lowest BCUT2D eigenvalue weighted by atomic mass is 9.96. The average Bonchev–Trinajstić information content (AvgIpc) is 3.14. The van der Waals surface area contributed by atoms with Crippen LogP contribution in [0.4, 0.5) is 0 Å². The van der Waals surface area contributed by atoms with Crippen LogP contribution in [0.15, 0.2) is 24.3 Å². The summed E-state index contributed by atoms with van der Waals surface area (Å²) in [6, 6.07) is 9.03. The van der Waals surface area contributed by atoms with E-state index in [1.165, 1.54) is 32.1 Å². The second kappa shape index (κ2) is 3.34. The van der Waals surface area contributed by atoms with Crippen LogP contribution >= 0.6 is 0 Å². The van der Waals surface area contributed by atoms with Crippen LogP contribution in [0.5, 0.6) is 0 Å². The molecule has 0 spiro atoms. The lowest BCUT2D eigenvalue weighted by molar-refractivity contribution is 0.546. The van der Waals surface area contributed by atoms with Crippen molar-refractivity contribution in [3.8, 4) is 0 Å². The van der Waals surface area contributed by atoms with Crippen molar-refractivity contribution >= 4 is 0 Å². The van der Waals surface area contributed by atoms with Gasteiger partial charge >= 0.3 is 0 Å². The van der Waals surface area contributed by atoms with Crippen LogP contribution < -0.4 is 5.32 Å². The highest BCUT2D eigenvalue weighted by molar-refractivity contribution is 5.35. The predicted molar refractivity (Wildman–Crippen MR) is 63.1 cm³/mol. The molecular formula is C14H19N. The van der Waals surface area contributed by atoms with Crippen LogP contribution in [-0.4, -0.2) is 12.6 Å². The third-order valence-corrected chi connectivity index (χ3v) is 3.98. The number of benzene rings is 1. The summed E-state index contributed by atoms with van der Waals surface area (Å²) >= 11 is 0. The molecule has 3 rings (SSSR count). The Morgan fingerprint density at radius 2 is 2.00 bits per heavy atom. The molecule has 2 fully saturated rings. The molecule has 0 aromatic heterocycles. The molecule has 1 aromatic rings. The summed E-state index contributed by atoms with van der Waals surface area (Å²) in [7, 11) is 2.10. The van der Waals surface area contributed by atoms with Gasteiger partial charge in [-0.25, -0.2) is 0 Å². The molecule has 2 aliphatic rings. The molecule has 1 nitrogen and oxygen atoms in total. The first-order valence-corrected chi connectivity index (χ1v) is 6.10. The monoisotopic (exact) mass is 201 g/mol. The summed E-state index contributed by atoms with van der Waals surface area (Å²) in [6.07, 6.45) is 6.74. The number of nitrogens with one attached hydrogen (secondary N) is 1. The van der Waals surface area contributed by atoms with Gasteiger partial charge in [0.2, 0.25) is 0 Å². The Balaban J connectivity index is 1.84. The van der Waals surface area contributed by atoms with Gasteiger partial charge in [0.15, 0.2) is 0 Å². The zero-order valence-corrected chi connectivity index (χ0v) is 9.42. The molecule has 0 heterocycles. The van der Waals surface area contributed by atoms with E-state index in [0.29, 0.717) is 5.54 Å². The molecule has 0 radical (unpaired) electrons. The second-order valence-corrected chi connectivity index (χ2v) is 5.18. The van der Waals surface area contributed by atoms with Crippen molar-refractivity contribution in [2.45, 2.75) is 43.6 Å². The number of hydrogen-bond donors (Lipinski definition) is 1. The Morgan fingerprint density at radius 3 is 2.60 bits per heavy atom. The molecule has 0 amide bonds. The van der Waals surface area contributed by atoms with Crippen LogP contribution in [0.25, 0.3) is 0 Å². The highest BCUT2D eigenvalue weighted by Crippen LogP contribution is 2.45. The minimum absolute atomic E-state index is 0.449. The van der Waals surface area contributed by atoms with Gasteiger partial charge < -0.3 is 5.32 Å². The average molecular weight is 201 g/mol. The summed E-state index contributed by atoms with van der Waals surface area (Å²) in [5.41, 5.74) is 3.66. The van der Waals surface area contributed by atoms with Crippen molar-refractivity contribution in [2.75, 3.05) is 7.05 Å². The SMILES string of the molecule is CNC1(Cc2ccccc2C2CC2)CC1. The van der Waals surface area contributed by atoms with E-state index in [1.807, 2.05) is 0 Å². The smallest absolute Gasteiger partial charge is 0.0220 e. The molecule has 15 heavy (non-hydrogen) atoms. The van der Waals surface area contributed by atoms with E-state index in [4.69, 9.17) is 0 Å². The second-order valence-electron chi connectivity index (χ2n) is 5.18. The van der Waals surface area contributed by atoms with E-state index in [0.717, 1.165) is 5.92 Å². The maximum atomic E-state index is 3.49. The van der Waals surface area contributed by atoms with Crippen LogP contribution in [0.1, 0.15) is 42.7 Å². The normalized spacial score (nSPS) is 22.7. The van der Waals surface area contributed by atoms with Crippen molar-refractivity contribution in [1.82, 2.24) is 5.32 Å². The van der Waals surface area contributed by atoms with Gasteiger partial charge in [0.1, 0.15) is 0 Å². The van der Waals surface area contributed by atoms with E-state index in [2.05, 4.69) is 36.6 Å². The fourth-order valence-corrected chi connectivity index (χ4v) is 2.52. The summed E-state index contributed by atoms with van der Waals surface area (Å²) in [6.45, 7) is 0. The van der Waals surface area contributed by atoms with Gasteiger partial charge in [0, 0.05) is 5.54 Å². The fourth-order valence-electron chi connectivity index (χ4n) is 2.52. The number of likely N-dealkylation sites (N-methyl/N-ethyl adjacent to an activating group) is 1. The summed E-state index contributed by atoms with van der Waals surface area (Å²) in [5, 5.41) is 3.49. The molecule has 0 saturated heterocycles. The Labute approximate surface area is 91.9 Å². The minimum Gasteiger partial charge on any atom is -0.314 e. The van der Waals surface area contributed by atoms with Crippen LogP contribution in [0.3, 0.4) is 0 Å². The number of rotatable bonds is 4. The largest absolute Gasteiger partial charge is 0.314 e. The summed E-state index contributed by atoms with van der Waals surface area (Å²) < 4.78 is 0. The van der Waals surface area contributed by atoms with Gasteiger partial charge in [-0.3, -0.25) is 0 Å². The van der Waals surface area contributed by atoms with Crippen molar-refractivity contribution in [2.24, 2.45) is 0 Å². The molecule has 1 heteroatoms. The molecule has 2 saturated carbocycles. The third-order valence-electron chi connectivity index (χ3n) is 3.98. The first kappa shape index (κ1) is 9.41. The van der Waals surface area contributed by atoms with E-state index < -0.39 is 0 Å². The van der Waals surface area contributed by atoms with Gasteiger partial charge in [-0.2, -0.15) is 0 Å². The van der Waals surface area contributed by atoms with E-state index in [1.54, 1.807) is 11.1 Å². The van der Waals surface area contributed by atoms with Crippen LogP contribution in [-0.2, 0) is 6.42 Å². The molecule has 0 atom stereocenters. The standard InChI is InChI=1S/C14H19N/c1-15-14(8-9-14)10-12-4-2-3-5-13(12)11-6-7-11/h2-5,11,15H,6-10H2,1H3. The number of hydrogen-bond acceptors (Lipinski definition) is 1. The van der Waals surface area contributed by atoms with Gasteiger partial charge in [-0.15, -0.1) is 0 Å².